The van der Waals surface area contributed by atoms with E-state index >= 15 is 0 Å². The van der Waals surface area contributed by atoms with Crippen molar-refractivity contribution in [2.24, 2.45) is 5.41 Å². The number of hydrogen-bond acceptors (Lipinski definition) is 6. The summed E-state index contributed by atoms with van der Waals surface area (Å²) in [6, 6.07) is 7.95. The van der Waals surface area contributed by atoms with E-state index in [9.17, 15) is 4.79 Å². The Kier molecular flexibility index (Phi) is 6.17. The highest BCUT2D eigenvalue weighted by Crippen LogP contribution is 2.42. The van der Waals surface area contributed by atoms with Gasteiger partial charge in [0.2, 0.25) is 0 Å². The summed E-state index contributed by atoms with van der Waals surface area (Å²) in [5.74, 6) is 1.70. The first kappa shape index (κ1) is 22.7. The maximum atomic E-state index is 12.1. The monoisotopic (exact) mass is 558 g/mol. The minimum absolute atomic E-state index is 0.163. The van der Waals surface area contributed by atoms with Crippen molar-refractivity contribution >= 4 is 46.1 Å². The van der Waals surface area contributed by atoms with E-state index < -0.39 is 5.60 Å². The van der Waals surface area contributed by atoms with Gasteiger partial charge in [-0.15, -0.1) is 0 Å². The smallest absolute Gasteiger partial charge is 0.410 e. The van der Waals surface area contributed by atoms with Gasteiger partial charge < -0.3 is 19.1 Å². The Bertz CT molecular complexity index is 960. The Balaban J connectivity index is 1.25. The van der Waals surface area contributed by atoms with Crippen molar-refractivity contribution < 1.29 is 14.1 Å². The molecule has 2 aromatic rings. The predicted octanol–water partition coefficient (Wildman–Crippen LogP) is 4.62. The molecule has 0 bridgehead atoms. The second kappa shape index (κ2) is 8.44. The van der Waals surface area contributed by atoms with E-state index in [-0.39, 0.29) is 11.5 Å². The summed E-state index contributed by atoms with van der Waals surface area (Å²) in [6.45, 7) is 10.4. The SMILES string of the molecule is CN(Cc1cc(N2CC3(CN(C(=O)OC(C)(C)C)C3)C2)no1)Cc1cc(Cl)ccc1I. The molecule has 2 fully saturated rings. The van der Waals surface area contributed by atoms with Crippen LogP contribution in [0.15, 0.2) is 28.8 Å². The van der Waals surface area contributed by atoms with Crippen LogP contribution in [0.5, 0.6) is 0 Å². The van der Waals surface area contributed by atoms with Crippen molar-refractivity contribution in [3.05, 3.63) is 44.2 Å². The van der Waals surface area contributed by atoms with Crippen LogP contribution < -0.4 is 4.90 Å². The van der Waals surface area contributed by atoms with Crippen LogP contribution in [0.1, 0.15) is 32.1 Å². The summed E-state index contributed by atoms with van der Waals surface area (Å²) in [5, 5.41) is 5.00. The number of carbonyl (C=O) groups is 1. The fourth-order valence-corrected chi connectivity index (χ4v) is 4.85. The Morgan fingerprint density at radius 2 is 1.97 bits per heavy atom. The topological polar surface area (TPSA) is 62.0 Å². The first-order valence-corrected chi connectivity index (χ1v) is 11.8. The van der Waals surface area contributed by atoms with E-state index in [1.807, 2.05) is 45.0 Å². The van der Waals surface area contributed by atoms with Gasteiger partial charge in [-0.1, -0.05) is 16.8 Å². The lowest BCUT2D eigenvalue weighted by Crippen LogP contribution is -2.73. The zero-order valence-corrected chi connectivity index (χ0v) is 21.2. The lowest BCUT2D eigenvalue weighted by Gasteiger charge is -2.59. The lowest BCUT2D eigenvalue weighted by atomic mass is 9.73. The molecule has 0 N–H and O–H groups in total. The summed E-state index contributed by atoms with van der Waals surface area (Å²) < 4.78 is 12.2. The number of benzene rings is 1. The fraction of sp³-hybridized carbons (Fsp3) is 0.545. The highest BCUT2D eigenvalue weighted by atomic mass is 127. The Labute approximate surface area is 201 Å². The molecule has 1 aromatic carbocycles. The van der Waals surface area contributed by atoms with Gasteiger partial charge in [0, 0.05) is 52.8 Å². The van der Waals surface area contributed by atoms with Crippen molar-refractivity contribution in [3.8, 4) is 0 Å². The minimum Gasteiger partial charge on any atom is -0.444 e. The van der Waals surface area contributed by atoms with Crippen LogP contribution in [0.3, 0.4) is 0 Å². The number of halogens is 2. The van der Waals surface area contributed by atoms with Crippen LogP contribution in [-0.2, 0) is 17.8 Å². The third kappa shape index (κ3) is 5.28. The van der Waals surface area contributed by atoms with Gasteiger partial charge in [-0.25, -0.2) is 4.79 Å². The molecule has 7 nitrogen and oxygen atoms in total. The van der Waals surface area contributed by atoms with Crippen LogP contribution >= 0.6 is 34.2 Å². The number of ether oxygens (including phenoxy) is 1. The average molecular weight is 559 g/mol. The quantitative estimate of drug-likeness (QED) is 0.499. The van der Waals surface area contributed by atoms with Crippen LogP contribution in [0, 0.1) is 8.99 Å². The molecule has 2 aliphatic rings. The van der Waals surface area contributed by atoms with E-state index in [1.165, 1.54) is 9.13 Å². The molecule has 168 valence electrons. The maximum absolute atomic E-state index is 12.1. The Hall–Kier alpha value is -1.52. The van der Waals surface area contributed by atoms with Gasteiger partial charge in [0.1, 0.15) is 5.60 Å². The average Bonchev–Trinajstić information content (AvgIpc) is 3.02. The van der Waals surface area contributed by atoms with E-state index in [1.54, 1.807) is 4.90 Å². The second-order valence-electron chi connectivity index (χ2n) is 9.75. The van der Waals surface area contributed by atoms with Crippen LogP contribution in [-0.4, -0.2) is 59.9 Å². The third-order valence-corrected chi connectivity index (χ3v) is 6.79. The molecule has 0 unspecified atom stereocenters. The summed E-state index contributed by atoms with van der Waals surface area (Å²) >= 11 is 8.46. The van der Waals surface area contributed by atoms with Crippen molar-refractivity contribution in [2.45, 2.75) is 39.5 Å². The molecule has 2 aliphatic heterocycles. The normalized spacial score (nSPS) is 17.6. The largest absolute Gasteiger partial charge is 0.444 e. The van der Waals surface area contributed by atoms with Gasteiger partial charge in [0.15, 0.2) is 11.6 Å². The molecule has 3 heterocycles. The number of hydrogen-bond donors (Lipinski definition) is 0. The van der Waals surface area contributed by atoms with Crippen LogP contribution in [0.4, 0.5) is 10.6 Å². The molecule has 4 rings (SSSR count). The number of anilines is 1. The van der Waals surface area contributed by atoms with Gasteiger partial charge in [-0.2, -0.15) is 0 Å². The van der Waals surface area contributed by atoms with Gasteiger partial charge in [0.25, 0.3) is 0 Å². The molecule has 0 saturated carbocycles. The summed E-state index contributed by atoms with van der Waals surface area (Å²) in [5.41, 5.74) is 0.899. The van der Waals surface area contributed by atoms with Crippen molar-refractivity contribution in [2.75, 3.05) is 38.1 Å². The number of nitrogens with zero attached hydrogens (tertiary/aromatic N) is 4. The first-order valence-electron chi connectivity index (χ1n) is 10.3. The second-order valence-corrected chi connectivity index (χ2v) is 11.4. The molecule has 2 saturated heterocycles. The molecule has 0 atom stereocenters. The van der Waals surface area contributed by atoms with E-state index in [0.717, 1.165) is 49.3 Å². The number of amides is 1. The minimum atomic E-state index is -0.458. The molecule has 0 aliphatic carbocycles. The Morgan fingerprint density at radius 3 is 2.65 bits per heavy atom. The van der Waals surface area contributed by atoms with Crippen LogP contribution in [0.25, 0.3) is 0 Å². The standard InChI is InChI=1S/C22H28ClIN4O3/c1-21(2,3)30-20(29)28-13-22(14-28)11-27(12-22)19-8-17(31-25-19)10-26(4)9-15-7-16(23)5-6-18(15)24/h5-8H,9-14H2,1-4H3. The van der Waals surface area contributed by atoms with E-state index in [2.05, 4.69) is 44.6 Å². The fourth-order valence-electron chi connectivity index (χ4n) is 4.15. The highest BCUT2D eigenvalue weighted by Gasteiger charge is 2.54. The van der Waals surface area contributed by atoms with E-state index in [0.29, 0.717) is 6.54 Å². The molecule has 31 heavy (non-hydrogen) atoms. The summed E-state index contributed by atoms with van der Waals surface area (Å²) in [4.78, 5) is 18.3. The van der Waals surface area contributed by atoms with Gasteiger partial charge in [-0.05, 0) is 74.2 Å². The number of aromatic nitrogens is 1. The molecule has 1 amide bonds. The van der Waals surface area contributed by atoms with Gasteiger partial charge in [0.05, 0.1) is 6.54 Å². The van der Waals surface area contributed by atoms with E-state index in [4.69, 9.17) is 20.9 Å². The molecular formula is C22H28ClIN4O3. The van der Waals surface area contributed by atoms with Crippen molar-refractivity contribution in [3.63, 3.8) is 0 Å². The highest BCUT2D eigenvalue weighted by molar-refractivity contribution is 14.1. The molecule has 1 aromatic heterocycles. The lowest BCUT2D eigenvalue weighted by molar-refractivity contribution is -0.0455. The molecular weight excluding hydrogens is 531 g/mol. The predicted molar refractivity (Wildman–Crippen MR) is 128 cm³/mol. The number of likely N-dealkylation sites (tertiary alicyclic amines) is 1. The maximum Gasteiger partial charge on any atom is 0.410 e. The molecule has 0 radical (unpaired) electrons. The zero-order valence-electron chi connectivity index (χ0n) is 18.3. The molecule has 1 spiro atoms. The first-order chi connectivity index (χ1) is 14.5. The number of rotatable bonds is 5. The number of carbonyl (C=O) groups excluding carboxylic acids is 1. The Morgan fingerprint density at radius 1 is 1.26 bits per heavy atom. The van der Waals surface area contributed by atoms with Crippen LogP contribution in [0.2, 0.25) is 5.02 Å². The third-order valence-electron chi connectivity index (χ3n) is 5.50. The van der Waals surface area contributed by atoms with Crippen molar-refractivity contribution in [1.29, 1.82) is 0 Å². The van der Waals surface area contributed by atoms with Gasteiger partial charge in [-0.3, -0.25) is 4.90 Å². The zero-order chi connectivity index (χ0) is 22.4. The van der Waals surface area contributed by atoms with Crippen molar-refractivity contribution in [1.82, 2.24) is 15.0 Å². The summed E-state index contributed by atoms with van der Waals surface area (Å²) in [6.07, 6.45) is -0.224. The van der Waals surface area contributed by atoms with Gasteiger partial charge >= 0.3 is 6.09 Å². The summed E-state index contributed by atoms with van der Waals surface area (Å²) in [7, 11) is 2.05. The molecule has 9 heteroatoms.